The highest BCUT2D eigenvalue weighted by atomic mass is 16.5. The van der Waals surface area contributed by atoms with E-state index in [1.807, 2.05) is 0 Å². The summed E-state index contributed by atoms with van der Waals surface area (Å²) in [6.07, 6.45) is 1.28. The van der Waals surface area contributed by atoms with Gasteiger partial charge in [-0.1, -0.05) is 20.3 Å². The minimum Gasteiger partial charge on any atom is -0.373 e. The van der Waals surface area contributed by atoms with Gasteiger partial charge in [-0.25, -0.2) is 0 Å². The highest BCUT2D eigenvalue weighted by Crippen LogP contribution is 2.17. The van der Waals surface area contributed by atoms with Crippen molar-refractivity contribution in [3.8, 4) is 0 Å². The molecule has 2 nitrogen and oxygen atoms in total. The van der Waals surface area contributed by atoms with Crippen LogP contribution in [0.3, 0.4) is 0 Å². The van der Waals surface area contributed by atoms with Crippen molar-refractivity contribution in [2.24, 2.45) is 5.92 Å². The van der Waals surface area contributed by atoms with Crippen LogP contribution in [0.25, 0.3) is 0 Å². The molecule has 0 saturated carbocycles. The van der Waals surface area contributed by atoms with Gasteiger partial charge in [0.25, 0.3) is 0 Å². The van der Waals surface area contributed by atoms with Crippen molar-refractivity contribution in [1.82, 2.24) is 4.90 Å². The normalized spacial score (nSPS) is 25.8. The average Bonchev–Trinajstić information content (AvgIpc) is 2.02. The van der Waals surface area contributed by atoms with Crippen molar-refractivity contribution in [3.63, 3.8) is 0 Å². The van der Waals surface area contributed by atoms with E-state index in [0.29, 0.717) is 0 Å². The molecule has 0 spiro atoms. The molecule has 13 heavy (non-hydrogen) atoms. The first-order valence-corrected chi connectivity index (χ1v) is 5.40. The average molecular weight is 185 g/mol. The quantitative estimate of drug-likeness (QED) is 0.668. The zero-order valence-corrected chi connectivity index (χ0v) is 9.47. The number of morpholine rings is 1. The predicted octanol–water partition coefficient (Wildman–Crippen LogP) is 2.14. The van der Waals surface area contributed by atoms with Gasteiger partial charge in [0.15, 0.2) is 0 Å². The molecular formula is C11H23NO. The molecule has 0 bridgehead atoms. The Morgan fingerprint density at radius 3 is 2.69 bits per heavy atom. The largest absolute Gasteiger partial charge is 0.373 e. The summed E-state index contributed by atoms with van der Waals surface area (Å²) in [6.45, 7) is 13.2. The van der Waals surface area contributed by atoms with Crippen LogP contribution < -0.4 is 0 Å². The number of rotatable bonds is 3. The Bertz CT molecular complexity index is 156. The van der Waals surface area contributed by atoms with E-state index in [2.05, 4.69) is 32.6 Å². The molecule has 0 aromatic heterocycles. The van der Waals surface area contributed by atoms with Gasteiger partial charge in [-0.3, -0.25) is 4.90 Å². The molecular weight excluding hydrogens is 162 g/mol. The van der Waals surface area contributed by atoms with Gasteiger partial charge in [0.2, 0.25) is 0 Å². The first-order chi connectivity index (χ1) is 6.03. The maximum Gasteiger partial charge on any atom is 0.0753 e. The highest BCUT2D eigenvalue weighted by Gasteiger charge is 2.27. The van der Waals surface area contributed by atoms with Gasteiger partial charge < -0.3 is 4.74 Å². The molecule has 1 saturated heterocycles. The Kier molecular flexibility index (Phi) is 3.74. The number of ether oxygens (including phenoxy) is 1. The molecule has 0 aromatic carbocycles. The Morgan fingerprint density at radius 1 is 1.46 bits per heavy atom. The van der Waals surface area contributed by atoms with Gasteiger partial charge >= 0.3 is 0 Å². The summed E-state index contributed by atoms with van der Waals surface area (Å²) in [7, 11) is 0. The molecule has 1 heterocycles. The van der Waals surface area contributed by atoms with Crippen LogP contribution in [0.2, 0.25) is 0 Å². The van der Waals surface area contributed by atoms with Crippen LogP contribution in [0.1, 0.15) is 34.1 Å². The molecule has 78 valence electrons. The lowest BCUT2D eigenvalue weighted by atomic mass is 10.0. The second kappa shape index (κ2) is 4.43. The van der Waals surface area contributed by atoms with E-state index in [9.17, 15) is 0 Å². The van der Waals surface area contributed by atoms with Crippen LogP contribution in [0.5, 0.6) is 0 Å². The SMILES string of the molecule is CCC(C)CN1CCOC(C)(C)C1. The molecule has 1 aliphatic rings. The summed E-state index contributed by atoms with van der Waals surface area (Å²) in [5.41, 5.74) is 0.0612. The molecule has 0 N–H and O–H groups in total. The van der Waals surface area contributed by atoms with Crippen LogP contribution in [-0.4, -0.2) is 36.7 Å². The summed E-state index contributed by atoms with van der Waals surface area (Å²) in [5.74, 6) is 0.814. The smallest absolute Gasteiger partial charge is 0.0753 e. The van der Waals surface area contributed by atoms with Crippen molar-refractivity contribution < 1.29 is 4.74 Å². The van der Waals surface area contributed by atoms with Crippen LogP contribution in [-0.2, 0) is 4.74 Å². The fourth-order valence-corrected chi connectivity index (χ4v) is 1.84. The van der Waals surface area contributed by atoms with Crippen molar-refractivity contribution in [3.05, 3.63) is 0 Å². The lowest BCUT2D eigenvalue weighted by Crippen LogP contribution is -2.49. The lowest BCUT2D eigenvalue weighted by molar-refractivity contribution is -0.0885. The van der Waals surface area contributed by atoms with Gasteiger partial charge in [-0.2, -0.15) is 0 Å². The molecule has 1 aliphatic heterocycles. The van der Waals surface area contributed by atoms with Gasteiger partial charge in [0.1, 0.15) is 0 Å². The molecule has 1 fully saturated rings. The van der Waals surface area contributed by atoms with E-state index >= 15 is 0 Å². The van der Waals surface area contributed by atoms with Gasteiger partial charge in [0.05, 0.1) is 12.2 Å². The molecule has 0 aromatic rings. The van der Waals surface area contributed by atoms with Crippen LogP contribution in [0.15, 0.2) is 0 Å². The Morgan fingerprint density at radius 2 is 2.15 bits per heavy atom. The maximum atomic E-state index is 5.67. The minimum atomic E-state index is 0.0612. The third-order valence-electron chi connectivity index (χ3n) is 2.77. The summed E-state index contributed by atoms with van der Waals surface area (Å²) < 4.78 is 5.67. The van der Waals surface area contributed by atoms with E-state index in [4.69, 9.17) is 4.74 Å². The predicted molar refractivity (Wildman–Crippen MR) is 55.9 cm³/mol. The second-order valence-corrected chi connectivity index (χ2v) is 4.86. The van der Waals surface area contributed by atoms with Gasteiger partial charge in [-0.15, -0.1) is 0 Å². The van der Waals surface area contributed by atoms with E-state index in [-0.39, 0.29) is 5.60 Å². The zero-order chi connectivity index (χ0) is 9.90. The van der Waals surface area contributed by atoms with E-state index < -0.39 is 0 Å². The zero-order valence-electron chi connectivity index (χ0n) is 9.47. The molecule has 0 amide bonds. The summed E-state index contributed by atoms with van der Waals surface area (Å²) in [6, 6.07) is 0. The topological polar surface area (TPSA) is 12.5 Å². The summed E-state index contributed by atoms with van der Waals surface area (Å²) >= 11 is 0. The summed E-state index contributed by atoms with van der Waals surface area (Å²) in [4.78, 5) is 2.53. The van der Waals surface area contributed by atoms with E-state index in [0.717, 1.165) is 25.6 Å². The summed E-state index contributed by atoms with van der Waals surface area (Å²) in [5, 5.41) is 0. The van der Waals surface area contributed by atoms with Gasteiger partial charge in [0, 0.05) is 19.6 Å². The molecule has 2 heteroatoms. The van der Waals surface area contributed by atoms with E-state index in [1.165, 1.54) is 13.0 Å². The second-order valence-electron chi connectivity index (χ2n) is 4.86. The number of hydrogen-bond acceptors (Lipinski definition) is 2. The highest BCUT2D eigenvalue weighted by molar-refractivity contribution is 4.79. The van der Waals surface area contributed by atoms with E-state index in [1.54, 1.807) is 0 Å². The van der Waals surface area contributed by atoms with Crippen molar-refractivity contribution in [1.29, 1.82) is 0 Å². The molecule has 0 radical (unpaired) electrons. The van der Waals surface area contributed by atoms with Gasteiger partial charge in [-0.05, 0) is 19.8 Å². The molecule has 1 rings (SSSR count). The first kappa shape index (κ1) is 11.0. The third kappa shape index (κ3) is 3.65. The molecule has 1 unspecified atom stereocenters. The maximum absolute atomic E-state index is 5.67. The fraction of sp³-hybridized carbons (Fsp3) is 1.00. The number of nitrogens with zero attached hydrogens (tertiary/aromatic N) is 1. The molecule has 0 aliphatic carbocycles. The Hall–Kier alpha value is -0.0800. The monoisotopic (exact) mass is 185 g/mol. The van der Waals surface area contributed by atoms with Crippen molar-refractivity contribution in [2.75, 3.05) is 26.2 Å². The fourth-order valence-electron chi connectivity index (χ4n) is 1.84. The van der Waals surface area contributed by atoms with Crippen LogP contribution >= 0.6 is 0 Å². The van der Waals surface area contributed by atoms with Crippen LogP contribution in [0, 0.1) is 5.92 Å². The Labute approximate surface area is 82.3 Å². The Balaban J connectivity index is 2.34. The van der Waals surface area contributed by atoms with Crippen LogP contribution in [0.4, 0.5) is 0 Å². The van der Waals surface area contributed by atoms with Crippen molar-refractivity contribution >= 4 is 0 Å². The standard InChI is InChI=1S/C11H23NO/c1-5-10(2)8-12-6-7-13-11(3,4)9-12/h10H,5-9H2,1-4H3. The minimum absolute atomic E-state index is 0.0612. The van der Waals surface area contributed by atoms with Crippen molar-refractivity contribution in [2.45, 2.75) is 39.7 Å². The molecule has 1 atom stereocenters. The first-order valence-electron chi connectivity index (χ1n) is 5.40. The number of hydrogen-bond donors (Lipinski definition) is 0. The third-order valence-corrected chi connectivity index (χ3v) is 2.77. The lowest BCUT2D eigenvalue weighted by Gasteiger charge is -2.39.